The number of hydrogen-bond acceptors (Lipinski definition) is 5. The van der Waals surface area contributed by atoms with Gasteiger partial charge in [-0.25, -0.2) is 9.78 Å². The molecule has 0 bridgehead atoms. The second-order valence-electron chi connectivity index (χ2n) is 10.8. The van der Waals surface area contributed by atoms with Crippen molar-refractivity contribution in [3.8, 4) is 28.4 Å². The van der Waals surface area contributed by atoms with Crippen molar-refractivity contribution in [3.63, 3.8) is 0 Å². The first-order valence-electron chi connectivity index (χ1n) is 14.1. The van der Waals surface area contributed by atoms with E-state index < -0.39 is 5.97 Å². The zero-order chi connectivity index (χ0) is 31.1. The van der Waals surface area contributed by atoms with Crippen LogP contribution in [0.2, 0.25) is 0 Å². The molecule has 0 aliphatic carbocycles. The minimum atomic E-state index is -1.28. The van der Waals surface area contributed by atoms with Crippen LogP contribution >= 0.6 is 15.9 Å². The number of carboxylic acid groups (broad SMARTS) is 1. The van der Waals surface area contributed by atoms with E-state index >= 15 is 0 Å². The number of hydrogen-bond donors (Lipinski definition) is 3. The zero-order valence-corrected chi connectivity index (χ0v) is 25.6. The summed E-state index contributed by atoms with van der Waals surface area (Å²) >= 11 is 3.55. The van der Waals surface area contributed by atoms with Gasteiger partial charge in [-0.3, -0.25) is 9.59 Å². The molecule has 0 spiro atoms. The van der Waals surface area contributed by atoms with E-state index in [1.165, 1.54) is 12.1 Å². The molecule has 0 fully saturated rings. The standard InChI is InChI=1S/C35H28BrN3O5/c1-19-8-3-4-9-21(19)33-32(23-17-24(35(43)44)31(42)18-28(23)39(33)2)30(41)13-7-12-29(40)20-14-15-26-27(16-20)38-34(37-26)22-10-5-6-11-25(22)36/h3-6,8-11,14-18,42H,7,12-13H2,1-2H3,(H,37,38)(H,43,44). The Bertz CT molecular complexity index is 2120. The smallest absolute Gasteiger partial charge is 0.339 e. The second-order valence-corrected chi connectivity index (χ2v) is 11.6. The van der Waals surface area contributed by atoms with Gasteiger partial charge < -0.3 is 19.8 Å². The fourth-order valence-electron chi connectivity index (χ4n) is 5.72. The van der Waals surface area contributed by atoms with Gasteiger partial charge in [-0.05, 0) is 49.2 Å². The zero-order valence-electron chi connectivity index (χ0n) is 24.0. The fraction of sp³-hybridized carbons (Fsp3) is 0.143. The topological polar surface area (TPSA) is 125 Å². The predicted molar refractivity (Wildman–Crippen MR) is 173 cm³/mol. The number of carboxylic acids is 1. The molecule has 0 unspecified atom stereocenters. The number of H-pyrrole nitrogens is 1. The van der Waals surface area contributed by atoms with E-state index in [0.717, 1.165) is 32.2 Å². The van der Waals surface area contributed by atoms with Gasteiger partial charge in [0.15, 0.2) is 11.6 Å². The molecule has 0 aliphatic rings. The van der Waals surface area contributed by atoms with Crippen LogP contribution in [0.15, 0.2) is 83.3 Å². The van der Waals surface area contributed by atoms with Gasteiger partial charge in [0.25, 0.3) is 0 Å². The number of phenols is 1. The molecule has 6 aromatic rings. The number of nitrogens with one attached hydrogen (secondary N) is 1. The van der Waals surface area contributed by atoms with E-state index in [-0.39, 0.29) is 35.7 Å². The summed E-state index contributed by atoms with van der Waals surface area (Å²) in [5.74, 6) is -1.25. The Balaban J connectivity index is 1.27. The highest BCUT2D eigenvalue weighted by Gasteiger charge is 2.26. The van der Waals surface area contributed by atoms with Crippen LogP contribution in [-0.2, 0) is 7.05 Å². The van der Waals surface area contributed by atoms with Crippen molar-refractivity contribution in [1.82, 2.24) is 14.5 Å². The number of aromatic hydroxyl groups is 1. The molecule has 4 aromatic carbocycles. The first-order valence-corrected chi connectivity index (χ1v) is 14.9. The number of carbonyl (C=O) groups excluding carboxylic acids is 2. The van der Waals surface area contributed by atoms with Gasteiger partial charge >= 0.3 is 5.97 Å². The molecule has 220 valence electrons. The van der Waals surface area contributed by atoms with Crippen LogP contribution < -0.4 is 0 Å². The maximum atomic E-state index is 13.8. The molecule has 0 atom stereocenters. The van der Waals surface area contributed by atoms with E-state index in [1.807, 2.05) is 66.1 Å². The molecule has 3 N–H and O–H groups in total. The summed E-state index contributed by atoms with van der Waals surface area (Å²) in [7, 11) is 1.79. The number of fused-ring (bicyclic) bond motifs is 2. The molecule has 0 amide bonds. The lowest BCUT2D eigenvalue weighted by Gasteiger charge is -2.11. The molecule has 0 saturated heterocycles. The molecular weight excluding hydrogens is 622 g/mol. The summed E-state index contributed by atoms with van der Waals surface area (Å²) in [5, 5.41) is 20.5. The molecule has 2 heterocycles. The molecule has 0 radical (unpaired) electrons. The Kier molecular flexibility index (Phi) is 7.65. The first kappa shape index (κ1) is 29.1. The number of aryl methyl sites for hydroxylation is 2. The van der Waals surface area contributed by atoms with Crippen molar-refractivity contribution in [1.29, 1.82) is 0 Å². The average molecular weight is 651 g/mol. The van der Waals surface area contributed by atoms with Gasteiger partial charge in [0, 0.05) is 52.5 Å². The van der Waals surface area contributed by atoms with Gasteiger partial charge in [-0.2, -0.15) is 0 Å². The second kappa shape index (κ2) is 11.6. The van der Waals surface area contributed by atoms with Crippen molar-refractivity contribution < 1.29 is 24.6 Å². The van der Waals surface area contributed by atoms with Crippen LogP contribution in [0.5, 0.6) is 5.75 Å². The Labute approximate surface area is 261 Å². The largest absolute Gasteiger partial charge is 0.507 e. The molecule has 6 rings (SSSR count). The van der Waals surface area contributed by atoms with Crippen LogP contribution in [-0.4, -0.2) is 42.3 Å². The van der Waals surface area contributed by atoms with Gasteiger partial charge in [-0.15, -0.1) is 0 Å². The number of ketones is 2. The predicted octanol–water partition coefficient (Wildman–Crippen LogP) is 8.10. The molecular formula is C35H28BrN3O5. The van der Waals surface area contributed by atoms with Crippen molar-refractivity contribution in [2.45, 2.75) is 26.2 Å². The van der Waals surface area contributed by atoms with Crippen LogP contribution in [0.25, 0.3) is 44.6 Å². The number of nitrogens with zero attached hydrogens (tertiary/aromatic N) is 2. The number of rotatable bonds is 9. The molecule has 2 aromatic heterocycles. The third-order valence-corrected chi connectivity index (χ3v) is 8.66. The maximum Gasteiger partial charge on any atom is 0.339 e. The van der Waals surface area contributed by atoms with E-state index in [9.17, 15) is 24.6 Å². The van der Waals surface area contributed by atoms with Gasteiger partial charge in [0.1, 0.15) is 17.1 Å². The number of carbonyl (C=O) groups is 3. The normalized spacial score (nSPS) is 11.3. The Morgan fingerprint density at radius 2 is 1.61 bits per heavy atom. The molecule has 8 nitrogen and oxygen atoms in total. The highest BCUT2D eigenvalue weighted by molar-refractivity contribution is 9.10. The number of halogens is 1. The SMILES string of the molecule is Cc1ccccc1-c1c(C(=O)CCCC(=O)c2ccc3nc(-c4ccccc4Br)[nH]c3c2)c2cc(C(=O)O)c(O)cc2n1C. The lowest BCUT2D eigenvalue weighted by Crippen LogP contribution is -2.05. The van der Waals surface area contributed by atoms with Crippen LogP contribution in [0.4, 0.5) is 0 Å². The number of benzene rings is 4. The highest BCUT2D eigenvalue weighted by Crippen LogP contribution is 2.38. The molecule has 0 saturated carbocycles. The number of Topliss-reactive ketones (excluding diaryl/α,β-unsaturated/α-hetero) is 2. The van der Waals surface area contributed by atoms with E-state index in [0.29, 0.717) is 40.0 Å². The minimum absolute atomic E-state index is 0.0888. The molecule has 9 heteroatoms. The van der Waals surface area contributed by atoms with Crippen LogP contribution in [0.3, 0.4) is 0 Å². The van der Waals surface area contributed by atoms with Crippen LogP contribution in [0.1, 0.15) is 55.9 Å². The molecule has 0 aliphatic heterocycles. The first-order chi connectivity index (χ1) is 21.1. The third kappa shape index (κ3) is 5.20. The van der Waals surface area contributed by atoms with Crippen molar-refractivity contribution in [2.75, 3.05) is 0 Å². The van der Waals surface area contributed by atoms with E-state index in [4.69, 9.17) is 0 Å². The number of aromatic carboxylic acids is 1. The summed E-state index contributed by atoms with van der Waals surface area (Å²) in [6.45, 7) is 1.94. The summed E-state index contributed by atoms with van der Waals surface area (Å²) in [4.78, 5) is 46.8. The van der Waals surface area contributed by atoms with Crippen molar-refractivity contribution in [2.24, 2.45) is 7.05 Å². The minimum Gasteiger partial charge on any atom is -0.507 e. The van der Waals surface area contributed by atoms with Gasteiger partial charge in [-0.1, -0.05) is 58.4 Å². The lowest BCUT2D eigenvalue weighted by atomic mass is 9.95. The van der Waals surface area contributed by atoms with Crippen LogP contribution in [0, 0.1) is 6.92 Å². The van der Waals surface area contributed by atoms with Crippen molar-refractivity contribution >= 4 is 55.4 Å². The summed E-state index contributed by atoms with van der Waals surface area (Å²) in [6, 6.07) is 23.5. The highest BCUT2D eigenvalue weighted by atomic mass is 79.9. The van der Waals surface area contributed by atoms with E-state index in [2.05, 4.69) is 25.9 Å². The van der Waals surface area contributed by atoms with Crippen molar-refractivity contribution in [3.05, 3.63) is 106 Å². The monoisotopic (exact) mass is 649 g/mol. The van der Waals surface area contributed by atoms with Gasteiger partial charge in [0.05, 0.1) is 27.8 Å². The number of aromatic nitrogens is 3. The fourth-order valence-corrected chi connectivity index (χ4v) is 6.19. The Hall–Kier alpha value is -5.02. The Morgan fingerprint density at radius 3 is 2.34 bits per heavy atom. The van der Waals surface area contributed by atoms with E-state index in [1.54, 1.807) is 19.2 Å². The lowest BCUT2D eigenvalue weighted by molar-refractivity contribution is 0.0693. The third-order valence-electron chi connectivity index (χ3n) is 7.97. The summed E-state index contributed by atoms with van der Waals surface area (Å²) in [5.41, 5.74) is 5.99. The maximum absolute atomic E-state index is 13.8. The molecule has 44 heavy (non-hydrogen) atoms. The Morgan fingerprint density at radius 1 is 0.909 bits per heavy atom. The summed E-state index contributed by atoms with van der Waals surface area (Å²) < 4.78 is 2.72. The quantitative estimate of drug-likeness (QED) is 0.136. The number of aromatic amines is 1. The average Bonchev–Trinajstić information content (AvgIpc) is 3.55. The number of imidazole rings is 1. The van der Waals surface area contributed by atoms with Gasteiger partial charge in [0.2, 0.25) is 0 Å². The summed E-state index contributed by atoms with van der Waals surface area (Å²) in [6.07, 6.45) is 0.563.